The summed E-state index contributed by atoms with van der Waals surface area (Å²) in [6.07, 6.45) is 0. The molecule has 3 heterocycles. The molecule has 0 saturated heterocycles. The fraction of sp³-hybridized carbons (Fsp3) is 0.0952. The van der Waals surface area contributed by atoms with E-state index < -0.39 is 0 Å². The third-order valence-corrected chi connectivity index (χ3v) is 6.58. The predicted octanol–water partition coefficient (Wildman–Crippen LogP) is 0.705. The third-order valence-electron chi connectivity index (χ3n) is 4.66. The SMILES string of the molecule is Cc1nc(-c2csc(N3NC(c4ccccc4)=N[NH+]3c3ccccc3)n2)sc1C.[Br-]. The monoisotopic (exact) mass is 498 g/mol. The minimum atomic E-state index is 0. The first kappa shape index (κ1) is 20.7. The van der Waals surface area contributed by atoms with Crippen LogP contribution in [0.25, 0.3) is 10.7 Å². The lowest BCUT2D eigenvalue weighted by Crippen LogP contribution is -3.10. The standard InChI is InChI=1S/C21H18N6S2.BrH/c1-14-15(2)29-20(22-14)18-13-28-21(23-18)27-25-19(16-9-5-3-6-10-16)24-26(27)17-11-7-4-8-12-17;/h3-13H,1-2H3,(H,24,25);1H. The zero-order chi connectivity index (χ0) is 19.8. The minimum Gasteiger partial charge on any atom is -1.00 e. The Morgan fingerprint density at radius 2 is 1.63 bits per heavy atom. The van der Waals surface area contributed by atoms with Crippen LogP contribution < -0.4 is 32.6 Å². The highest BCUT2D eigenvalue weighted by Gasteiger charge is 2.34. The molecule has 0 saturated carbocycles. The number of thiazole rings is 2. The number of aryl methyl sites for hydroxylation is 2. The molecule has 30 heavy (non-hydrogen) atoms. The summed E-state index contributed by atoms with van der Waals surface area (Å²) >= 11 is 3.25. The van der Waals surface area contributed by atoms with E-state index in [1.54, 1.807) is 22.7 Å². The molecule has 2 aromatic carbocycles. The number of hydrogen-bond acceptors (Lipinski definition) is 7. The molecule has 1 atom stereocenters. The molecule has 0 radical (unpaired) electrons. The Morgan fingerprint density at radius 3 is 2.30 bits per heavy atom. The Bertz CT molecular complexity index is 1150. The van der Waals surface area contributed by atoms with Crippen molar-refractivity contribution in [2.24, 2.45) is 5.10 Å². The van der Waals surface area contributed by atoms with E-state index in [0.717, 1.165) is 43.7 Å². The summed E-state index contributed by atoms with van der Waals surface area (Å²) in [7, 11) is 0. The summed E-state index contributed by atoms with van der Waals surface area (Å²) in [6, 6.07) is 20.3. The van der Waals surface area contributed by atoms with Gasteiger partial charge >= 0.3 is 0 Å². The van der Waals surface area contributed by atoms with Gasteiger partial charge in [0.1, 0.15) is 10.7 Å². The number of hydrogen-bond donors (Lipinski definition) is 2. The number of amidine groups is 1. The maximum Gasteiger partial charge on any atom is 0.261 e. The molecule has 0 amide bonds. The Hall–Kier alpha value is -2.59. The molecule has 0 spiro atoms. The summed E-state index contributed by atoms with van der Waals surface area (Å²) < 4.78 is 0. The molecular weight excluding hydrogens is 480 g/mol. The number of aromatic nitrogens is 2. The molecular formula is C21H19BrN6S2. The van der Waals surface area contributed by atoms with Gasteiger partial charge in [-0.1, -0.05) is 70.1 Å². The van der Waals surface area contributed by atoms with Crippen molar-refractivity contribution in [2.75, 3.05) is 5.12 Å². The van der Waals surface area contributed by atoms with Gasteiger partial charge in [-0.2, -0.15) is 0 Å². The molecule has 1 aliphatic rings. The van der Waals surface area contributed by atoms with E-state index in [1.807, 2.05) is 60.6 Å². The van der Waals surface area contributed by atoms with Gasteiger partial charge in [0, 0.05) is 28.0 Å². The van der Waals surface area contributed by atoms with Gasteiger partial charge in [0.15, 0.2) is 5.69 Å². The first-order valence-electron chi connectivity index (χ1n) is 9.22. The molecule has 0 aliphatic carbocycles. The number of benzene rings is 2. The van der Waals surface area contributed by atoms with Crippen molar-refractivity contribution in [1.29, 1.82) is 0 Å². The van der Waals surface area contributed by atoms with E-state index in [0.29, 0.717) is 0 Å². The Labute approximate surface area is 193 Å². The average Bonchev–Trinajstić information content (AvgIpc) is 3.48. The predicted molar refractivity (Wildman–Crippen MR) is 118 cm³/mol. The van der Waals surface area contributed by atoms with Crippen molar-refractivity contribution in [2.45, 2.75) is 13.8 Å². The molecule has 0 bridgehead atoms. The van der Waals surface area contributed by atoms with Gasteiger partial charge in [-0.25, -0.2) is 15.4 Å². The van der Waals surface area contributed by atoms with E-state index in [4.69, 9.17) is 10.1 Å². The first-order valence-corrected chi connectivity index (χ1v) is 10.9. The summed E-state index contributed by atoms with van der Waals surface area (Å²) in [5, 5.41) is 11.5. The Kier molecular flexibility index (Phi) is 5.96. The zero-order valence-corrected chi connectivity index (χ0v) is 19.6. The molecule has 5 rings (SSSR count). The number of nitrogens with one attached hydrogen (secondary N) is 2. The van der Waals surface area contributed by atoms with E-state index >= 15 is 0 Å². The van der Waals surface area contributed by atoms with Gasteiger partial charge in [0.05, 0.1) is 5.69 Å². The summed E-state index contributed by atoms with van der Waals surface area (Å²) in [4.78, 5) is 10.7. The maximum atomic E-state index is 4.89. The van der Waals surface area contributed by atoms with Crippen molar-refractivity contribution in [3.8, 4) is 10.7 Å². The smallest absolute Gasteiger partial charge is 0.261 e. The topological polar surface area (TPSA) is 57.9 Å². The summed E-state index contributed by atoms with van der Waals surface area (Å²) in [5.74, 6) is 0.808. The first-order chi connectivity index (χ1) is 14.2. The second kappa shape index (κ2) is 8.65. The van der Waals surface area contributed by atoms with E-state index in [-0.39, 0.29) is 17.0 Å². The van der Waals surface area contributed by atoms with Crippen LogP contribution in [0.1, 0.15) is 16.1 Å². The molecule has 1 aliphatic heterocycles. The molecule has 6 nitrogen and oxygen atoms in total. The van der Waals surface area contributed by atoms with Crippen molar-refractivity contribution in [3.05, 3.63) is 82.2 Å². The molecule has 2 aromatic heterocycles. The second-order valence-corrected chi connectivity index (χ2v) is 8.68. The summed E-state index contributed by atoms with van der Waals surface area (Å²) in [6.45, 7) is 4.12. The van der Waals surface area contributed by atoms with Gasteiger partial charge < -0.3 is 17.0 Å². The Balaban J connectivity index is 0.00000218. The highest BCUT2D eigenvalue weighted by atomic mass is 79.9. The Morgan fingerprint density at radius 1 is 0.933 bits per heavy atom. The lowest BCUT2D eigenvalue weighted by atomic mass is 10.2. The molecule has 2 N–H and O–H groups in total. The van der Waals surface area contributed by atoms with Gasteiger partial charge in [0.25, 0.3) is 5.13 Å². The van der Waals surface area contributed by atoms with Crippen LogP contribution in [0.2, 0.25) is 0 Å². The van der Waals surface area contributed by atoms with E-state index in [1.165, 1.54) is 4.88 Å². The van der Waals surface area contributed by atoms with Crippen molar-refractivity contribution >= 4 is 39.3 Å². The number of anilines is 1. The number of hydrazine groups is 1. The summed E-state index contributed by atoms with van der Waals surface area (Å²) in [5.41, 5.74) is 7.45. The normalized spacial score (nSPS) is 15.5. The second-order valence-electron chi connectivity index (χ2n) is 6.64. The van der Waals surface area contributed by atoms with Crippen LogP contribution in [0, 0.1) is 13.8 Å². The quantitative estimate of drug-likeness (QED) is 0.435. The van der Waals surface area contributed by atoms with E-state index in [9.17, 15) is 0 Å². The lowest BCUT2D eigenvalue weighted by molar-refractivity contribution is -0.846. The molecule has 0 fully saturated rings. The highest BCUT2D eigenvalue weighted by Crippen LogP contribution is 2.31. The minimum absolute atomic E-state index is 0. The van der Waals surface area contributed by atoms with Crippen LogP contribution in [-0.2, 0) is 0 Å². The van der Waals surface area contributed by atoms with Crippen LogP contribution in [0.3, 0.4) is 0 Å². The number of quaternary nitrogens is 1. The molecule has 4 aromatic rings. The van der Waals surface area contributed by atoms with Crippen molar-refractivity contribution < 1.29 is 22.1 Å². The third kappa shape index (κ3) is 3.89. The molecule has 1 unspecified atom stereocenters. The fourth-order valence-electron chi connectivity index (χ4n) is 3.03. The van der Waals surface area contributed by atoms with Gasteiger partial charge in [-0.15, -0.1) is 11.3 Å². The van der Waals surface area contributed by atoms with Crippen molar-refractivity contribution in [3.63, 3.8) is 0 Å². The fourth-order valence-corrected chi connectivity index (χ4v) is 4.75. The van der Waals surface area contributed by atoms with Crippen LogP contribution in [0.15, 0.2) is 71.1 Å². The van der Waals surface area contributed by atoms with E-state index in [2.05, 4.69) is 34.8 Å². The van der Waals surface area contributed by atoms with Gasteiger partial charge in [-0.3, -0.25) is 0 Å². The maximum absolute atomic E-state index is 4.89. The molecule has 9 heteroatoms. The van der Waals surface area contributed by atoms with Crippen LogP contribution in [0.4, 0.5) is 10.8 Å². The van der Waals surface area contributed by atoms with Crippen LogP contribution >= 0.6 is 22.7 Å². The van der Waals surface area contributed by atoms with Gasteiger partial charge in [0.2, 0.25) is 5.84 Å². The number of halogens is 1. The zero-order valence-electron chi connectivity index (χ0n) is 16.3. The number of nitrogens with zero attached hydrogens (tertiary/aromatic N) is 4. The van der Waals surface area contributed by atoms with Gasteiger partial charge in [-0.05, 0) is 18.9 Å². The largest absolute Gasteiger partial charge is 1.00 e. The van der Waals surface area contributed by atoms with Crippen molar-refractivity contribution in [1.82, 2.24) is 15.4 Å². The van der Waals surface area contributed by atoms with Crippen LogP contribution in [0.5, 0.6) is 0 Å². The molecule has 152 valence electrons. The average molecular weight is 499 g/mol. The lowest BCUT2D eigenvalue weighted by Gasteiger charge is -2.18. The highest BCUT2D eigenvalue weighted by molar-refractivity contribution is 7.16. The van der Waals surface area contributed by atoms with Crippen LogP contribution in [-0.4, -0.2) is 15.8 Å². The number of rotatable bonds is 4.